The highest BCUT2D eigenvalue weighted by atomic mass is 35.5. The maximum atomic E-state index is 8.92. The Morgan fingerprint density at radius 2 is 1.48 bits per heavy atom. The Kier molecular flexibility index (Phi) is 4.94. The molecule has 0 aliphatic heterocycles. The standard InChI is InChI=1S/C18H11ClN2/c1-21-18(13-20)17(19)12-16(14-8-4-2-5-9-14)15-10-6-3-7-11-15/h2-12H/b18-17+. The molecule has 21 heavy (non-hydrogen) atoms. The number of hydrogen-bond donors (Lipinski definition) is 0. The fourth-order valence-electron chi connectivity index (χ4n) is 1.90. The van der Waals surface area contributed by atoms with Crippen LogP contribution in [0.5, 0.6) is 0 Å². The highest BCUT2D eigenvalue weighted by Gasteiger charge is 2.07. The van der Waals surface area contributed by atoms with Gasteiger partial charge in [0, 0.05) is 0 Å². The molecule has 0 aliphatic rings. The monoisotopic (exact) mass is 290 g/mol. The Balaban J connectivity index is 2.62. The van der Waals surface area contributed by atoms with E-state index in [1.807, 2.05) is 66.7 Å². The van der Waals surface area contributed by atoms with Crippen molar-refractivity contribution in [3.05, 3.63) is 100 Å². The fraction of sp³-hybridized carbons (Fsp3) is 0. The van der Waals surface area contributed by atoms with E-state index in [-0.39, 0.29) is 10.7 Å². The van der Waals surface area contributed by atoms with Gasteiger partial charge < -0.3 is 0 Å². The van der Waals surface area contributed by atoms with Gasteiger partial charge in [0.1, 0.15) is 0 Å². The summed E-state index contributed by atoms with van der Waals surface area (Å²) in [5.41, 5.74) is 2.71. The van der Waals surface area contributed by atoms with Gasteiger partial charge in [0.05, 0.1) is 17.7 Å². The van der Waals surface area contributed by atoms with Crippen molar-refractivity contribution in [2.24, 2.45) is 0 Å². The molecule has 0 saturated carbocycles. The van der Waals surface area contributed by atoms with Crippen LogP contribution in [-0.4, -0.2) is 0 Å². The first-order valence-electron chi connectivity index (χ1n) is 6.26. The molecule has 0 heterocycles. The molecular weight excluding hydrogens is 280 g/mol. The number of nitriles is 1. The first-order chi connectivity index (χ1) is 10.3. The van der Waals surface area contributed by atoms with Crippen LogP contribution in [0.2, 0.25) is 0 Å². The number of halogens is 1. The molecule has 0 unspecified atom stereocenters. The number of allylic oxidation sites excluding steroid dienone is 3. The molecule has 0 amide bonds. The van der Waals surface area contributed by atoms with Crippen molar-refractivity contribution in [3.63, 3.8) is 0 Å². The summed E-state index contributed by atoms with van der Waals surface area (Å²) in [5.74, 6) is 0. The summed E-state index contributed by atoms with van der Waals surface area (Å²) < 4.78 is 0. The molecule has 0 N–H and O–H groups in total. The molecule has 100 valence electrons. The molecule has 2 nitrogen and oxygen atoms in total. The average Bonchev–Trinajstić information content (AvgIpc) is 2.55. The summed E-state index contributed by atoms with van der Waals surface area (Å²) in [5, 5.41) is 9.06. The third kappa shape index (κ3) is 3.60. The SMILES string of the molecule is [C-]#[N+]/C(C#N)=C(/Cl)C=C(c1ccccc1)c1ccccc1. The van der Waals surface area contributed by atoms with E-state index in [4.69, 9.17) is 23.4 Å². The summed E-state index contributed by atoms with van der Waals surface area (Å²) in [6.07, 6.45) is 1.67. The first-order valence-corrected chi connectivity index (χ1v) is 6.64. The zero-order valence-corrected chi connectivity index (χ0v) is 11.9. The van der Waals surface area contributed by atoms with Gasteiger partial charge in [0.25, 0.3) is 5.70 Å². The zero-order valence-electron chi connectivity index (χ0n) is 11.1. The molecule has 3 heteroatoms. The van der Waals surface area contributed by atoms with Crippen LogP contribution in [0.4, 0.5) is 0 Å². The van der Waals surface area contributed by atoms with Crippen LogP contribution in [0, 0.1) is 17.9 Å². The lowest BCUT2D eigenvalue weighted by Crippen LogP contribution is -1.88. The van der Waals surface area contributed by atoms with Crippen LogP contribution in [0.3, 0.4) is 0 Å². The molecule has 0 radical (unpaired) electrons. The van der Waals surface area contributed by atoms with Crippen molar-refractivity contribution >= 4 is 17.2 Å². The van der Waals surface area contributed by atoms with Gasteiger partial charge in [-0.15, -0.1) is 0 Å². The summed E-state index contributed by atoms with van der Waals surface area (Å²) in [6.45, 7) is 6.97. The molecule has 0 spiro atoms. The van der Waals surface area contributed by atoms with Crippen molar-refractivity contribution in [1.29, 1.82) is 5.26 Å². The molecule has 0 bridgehead atoms. The largest absolute Gasteiger partial charge is 0.280 e. The number of nitrogens with zero attached hydrogens (tertiary/aromatic N) is 2. The van der Waals surface area contributed by atoms with Gasteiger partial charge in [-0.05, 0) is 22.8 Å². The first kappa shape index (κ1) is 14.6. The number of benzene rings is 2. The Bertz CT molecular complexity index is 703. The molecule has 2 aromatic rings. The number of hydrogen-bond acceptors (Lipinski definition) is 1. The fourth-order valence-corrected chi connectivity index (χ4v) is 2.09. The molecular formula is C18H11ClN2. The summed E-state index contributed by atoms with van der Waals surface area (Å²) in [4.78, 5) is 3.14. The minimum atomic E-state index is -0.110. The maximum absolute atomic E-state index is 8.92. The van der Waals surface area contributed by atoms with Crippen molar-refractivity contribution in [2.75, 3.05) is 0 Å². The third-order valence-corrected chi connectivity index (χ3v) is 3.17. The van der Waals surface area contributed by atoms with E-state index in [0.717, 1.165) is 16.7 Å². The molecule has 2 rings (SSSR count). The Hall–Kier alpha value is -2.81. The van der Waals surface area contributed by atoms with Gasteiger partial charge in [-0.3, -0.25) is 0 Å². The minimum absolute atomic E-state index is 0.110. The van der Waals surface area contributed by atoms with Gasteiger partial charge in [0.2, 0.25) is 0 Å². The minimum Gasteiger partial charge on any atom is -0.225 e. The zero-order chi connectivity index (χ0) is 15.1. The van der Waals surface area contributed by atoms with Crippen molar-refractivity contribution in [1.82, 2.24) is 0 Å². The lowest BCUT2D eigenvalue weighted by atomic mass is 9.97. The van der Waals surface area contributed by atoms with Gasteiger partial charge in [-0.2, -0.15) is 0 Å². The molecule has 0 aromatic heterocycles. The molecule has 0 fully saturated rings. The van der Waals surface area contributed by atoms with E-state index in [9.17, 15) is 0 Å². The predicted molar refractivity (Wildman–Crippen MR) is 85.1 cm³/mol. The van der Waals surface area contributed by atoms with E-state index in [2.05, 4.69) is 4.85 Å². The van der Waals surface area contributed by atoms with Crippen LogP contribution in [-0.2, 0) is 0 Å². The van der Waals surface area contributed by atoms with E-state index in [1.165, 1.54) is 0 Å². The lowest BCUT2D eigenvalue weighted by Gasteiger charge is -2.08. The normalized spacial score (nSPS) is 10.8. The van der Waals surface area contributed by atoms with Crippen LogP contribution in [0.25, 0.3) is 10.4 Å². The second-order valence-corrected chi connectivity index (χ2v) is 4.62. The highest BCUT2D eigenvalue weighted by molar-refractivity contribution is 6.32. The Morgan fingerprint density at radius 3 is 1.86 bits per heavy atom. The summed E-state index contributed by atoms with van der Waals surface area (Å²) >= 11 is 6.11. The maximum Gasteiger partial charge on any atom is 0.280 e. The van der Waals surface area contributed by atoms with E-state index in [1.54, 1.807) is 6.08 Å². The summed E-state index contributed by atoms with van der Waals surface area (Å²) in [6, 6.07) is 21.3. The molecule has 2 aromatic carbocycles. The molecule has 0 atom stereocenters. The number of rotatable bonds is 3. The van der Waals surface area contributed by atoms with Crippen LogP contribution in [0.1, 0.15) is 11.1 Å². The Morgan fingerprint density at radius 1 is 1.00 bits per heavy atom. The van der Waals surface area contributed by atoms with Gasteiger partial charge in [-0.1, -0.05) is 72.3 Å². The van der Waals surface area contributed by atoms with Gasteiger partial charge in [-0.25, -0.2) is 10.1 Å². The third-order valence-electron chi connectivity index (χ3n) is 2.88. The topological polar surface area (TPSA) is 28.1 Å². The smallest absolute Gasteiger partial charge is 0.225 e. The van der Waals surface area contributed by atoms with E-state index >= 15 is 0 Å². The van der Waals surface area contributed by atoms with Crippen molar-refractivity contribution in [2.45, 2.75) is 0 Å². The molecule has 0 aliphatic carbocycles. The highest BCUT2D eigenvalue weighted by Crippen LogP contribution is 2.27. The predicted octanol–water partition coefficient (Wildman–Crippen LogP) is 5.01. The molecule has 0 saturated heterocycles. The van der Waals surface area contributed by atoms with Crippen LogP contribution >= 0.6 is 11.6 Å². The Labute approximate surface area is 129 Å². The van der Waals surface area contributed by atoms with Crippen LogP contribution in [0.15, 0.2) is 77.5 Å². The average molecular weight is 291 g/mol. The quantitative estimate of drug-likeness (QED) is 0.443. The van der Waals surface area contributed by atoms with Crippen molar-refractivity contribution < 1.29 is 0 Å². The van der Waals surface area contributed by atoms with Crippen molar-refractivity contribution in [3.8, 4) is 6.07 Å². The van der Waals surface area contributed by atoms with Gasteiger partial charge in [0.15, 0.2) is 0 Å². The second-order valence-electron chi connectivity index (χ2n) is 4.21. The van der Waals surface area contributed by atoms with Crippen LogP contribution < -0.4 is 0 Å². The second kappa shape index (κ2) is 7.10. The lowest BCUT2D eigenvalue weighted by molar-refractivity contribution is 1.48. The van der Waals surface area contributed by atoms with E-state index < -0.39 is 0 Å². The van der Waals surface area contributed by atoms with E-state index in [0.29, 0.717) is 0 Å². The summed E-state index contributed by atoms with van der Waals surface area (Å²) in [7, 11) is 0. The van der Waals surface area contributed by atoms with Gasteiger partial charge >= 0.3 is 0 Å².